The van der Waals surface area contributed by atoms with Crippen LogP contribution in [0, 0.1) is 0 Å². The van der Waals surface area contributed by atoms with Crippen molar-refractivity contribution in [1.29, 1.82) is 0 Å². The summed E-state index contributed by atoms with van der Waals surface area (Å²) in [5, 5.41) is 17.1. The molecule has 0 bridgehead atoms. The smallest absolute Gasteiger partial charge is 0.224 e. The monoisotopic (exact) mass is 398 g/mol. The number of benzene rings is 2. The highest BCUT2D eigenvalue weighted by atomic mass is 16.3. The molecule has 6 heteroatoms. The number of fused-ring (bicyclic) bond motifs is 5. The maximum Gasteiger partial charge on any atom is 0.224 e. The predicted molar refractivity (Wildman–Crippen MR) is 114 cm³/mol. The molecule has 2 aliphatic carbocycles. The Kier molecular flexibility index (Phi) is 3.96. The quantitative estimate of drug-likeness (QED) is 0.451. The number of allylic oxidation sites excluding steroid dienone is 2. The maximum atomic E-state index is 13.4. The van der Waals surface area contributed by atoms with Crippen molar-refractivity contribution in [2.45, 2.75) is 19.4 Å². The Morgan fingerprint density at radius 2 is 1.80 bits per heavy atom. The highest BCUT2D eigenvalue weighted by Gasteiger charge is 2.39. The van der Waals surface area contributed by atoms with Gasteiger partial charge in [0.05, 0.1) is 28.5 Å². The summed E-state index contributed by atoms with van der Waals surface area (Å²) in [7, 11) is 0. The van der Waals surface area contributed by atoms with Crippen LogP contribution in [0.2, 0.25) is 0 Å². The molecule has 0 fully saturated rings. The second kappa shape index (κ2) is 6.56. The molecule has 1 aliphatic heterocycles. The Hall–Kier alpha value is -3.93. The van der Waals surface area contributed by atoms with E-state index in [1.807, 2.05) is 30.4 Å². The summed E-state index contributed by atoms with van der Waals surface area (Å²) in [4.78, 5) is 38.8. The molecule has 2 aromatic rings. The minimum absolute atomic E-state index is 0.0801. The molecule has 0 saturated carbocycles. The molecular weight excluding hydrogens is 380 g/mol. The average molecular weight is 398 g/mol. The third-order valence-electron chi connectivity index (χ3n) is 5.64. The van der Waals surface area contributed by atoms with Crippen LogP contribution in [0.4, 0.5) is 11.4 Å². The molecule has 1 atom stereocenters. The summed E-state index contributed by atoms with van der Waals surface area (Å²) in [6.07, 6.45) is 9.69. The van der Waals surface area contributed by atoms with Gasteiger partial charge < -0.3 is 15.7 Å². The Bertz CT molecular complexity index is 1250. The SMILES string of the molecule is CCC(=O)Nc1c(O)c2c(c3c1C=C1C=CC=CC1N3)C(=O)c1ccccc1C2=O. The second-order valence-electron chi connectivity index (χ2n) is 7.38. The number of phenols is 1. The van der Waals surface area contributed by atoms with Gasteiger partial charge in [-0.2, -0.15) is 0 Å². The molecule has 2 aromatic carbocycles. The molecule has 0 spiro atoms. The fourth-order valence-corrected chi connectivity index (χ4v) is 4.15. The van der Waals surface area contributed by atoms with E-state index in [4.69, 9.17) is 0 Å². The number of aromatic hydroxyl groups is 1. The van der Waals surface area contributed by atoms with Gasteiger partial charge in [0.2, 0.25) is 5.91 Å². The number of hydrogen-bond donors (Lipinski definition) is 3. The van der Waals surface area contributed by atoms with Crippen molar-refractivity contribution in [3.05, 3.63) is 82.0 Å². The molecule has 5 rings (SSSR count). The van der Waals surface area contributed by atoms with E-state index in [1.54, 1.807) is 31.2 Å². The first-order valence-electron chi connectivity index (χ1n) is 9.75. The number of nitrogens with one attached hydrogen (secondary N) is 2. The Labute approximate surface area is 172 Å². The Morgan fingerprint density at radius 1 is 1.10 bits per heavy atom. The standard InChI is InChI=1S/C24H18N2O4/c1-2-17(27)26-21-15-11-12-7-3-6-10-16(12)25-20(15)18-19(24(21)30)23(29)14-9-5-4-8-13(14)22(18)28/h3-11,16,25,30H,2H2,1H3,(H,26,27). The van der Waals surface area contributed by atoms with E-state index < -0.39 is 5.78 Å². The zero-order chi connectivity index (χ0) is 21.0. The van der Waals surface area contributed by atoms with Crippen molar-refractivity contribution >= 4 is 34.9 Å². The van der Waals surface area contributed by atoms with Crippen molar-refractivity contribution in [2.24, 2.45) is 0 Å². The molecule has 0 aromatic heterocycles. The first-order valence-corrected chi connectivity index (χ1v) is 9.75. The molecule has 30 heavy (non-hydrogen) atoms. The fraction of sp³-hybridized carbons (Fsp3) is 0.125. The first kappa shape index (κ1) is 18.1. The highest BCUT2D eigenvalue weighted by Crippen LogP contribution is 2.48. The maximum absolute atomic E-state index is 13.4. The van der Waals surface area contributed by atoms with E-state index in [0.29, 0.717) is 16.8 Å². The molecule has 148 valence electrons. The van der Waals surface area contributed by atoms with Crippen LogP contribution in [0.1, 0.15) is 50.8 Å². The summed E-state index contributed by atoms with van der Waals surface area (Å²) < 4.78 is 0. The molecule has 1 amide bonds. The predicted octanol–water partition coefficient (Wildman–Crippen LogP) is 3.82. The summed E-state index contributed by atoms with van der Waals surface area (Å²) in [6, 6.07) is 6.39. The van der Waals surface area contributed by atoms with Crippen LogP contribution in [0.25, 0.3) is 6.08 Å². The zero-order valence-corrected chi connectivity index (χ0v) is 16.2. The summed E-state index contributed by atoms with van der Waals surface area (Å²) >= 11 is 0. The second-order valence-corrected chi connectivity index (χ2v) is 7.38. The van der Waals surface area contributed by atoms with Crippen LogP contribution in [0.15, 0.2) is 54.1 Å². The van der Waals surface area contributed by atoms with Crippen molar-refractivity contribution in [2.75, 3.05) is 10.6 Å². The molecule has 0 radical (unpaired) electrons. The van der Waals surface area contributed by atoms with Gasteiger partial charge in [0, 0.05) is 23.1 Å². The topological polar surface area (TPSA) is 95.5 Å². The Morgan fingerprint density at radius 3 is 2.50 bits per heavy atom. The van der Waals surface area contributed by atoms with Crippen molar-refractivity contribution in [3.63, 3.8) is 0 Å². The van der Waals surface area contributed by atoms with E-state index in [9.17, 15) is 19.5 Å². The van der Waals surface area contributed by atoms with E-state index in [0.717, 1.165) is 5.57 Å². The average Bonchev–Trinajstić information content (AvgIpc) is 2.77. The number of anilines is 2. The molecule has 0 saturated heterocycles. The van der Waals surface area contributed by atoms with Crippen molar-refractivity contribution in [1.82, 2.24) is 0 Å². The number of phenolic OH excluding ortho intramolecular Hbond substituents is 1. The van der Waals surface area contributed by atoms with Gasteiger partial charge in [-0.15, -0.1) is 0 Å². The lowest BCUT2D eigenvalue weighted by Crippen LogP contribution is -2.30. The number of rotatable bonds is 2. The lowest BCUT2D eigenvalue weighted by Gasteiger charge is -2.32. The van der Waals surface area contributed by atoms with E-state index >= 15 is 0 Å². The third kappa shape index (κ3) is 2.47. The summed E-state index contributed by atoms with van der Waals surface area (Å²) in [5.74, 6) is -1.46. The van der Waals surface area contributed by atoms with Gasteiger partial charge in [-0.3, -0.25) is 14.4 Å². The van der Waals surface area contributed by atoms with Crippen molar-refractivity contribution in [3.8, 4) is 5.75 Å². The highest BCUT2D eigenvalue weighted by molar-refractivity contribution is 6.32. The van der Waals surface area contributed by atoms with Crippen LogP contribution >= 0.6 is 0 Å². The first-order chi connectivity index (χ1) is 14.5. The minimum atomic E-state index is -0.442. The van der Waals surface area contributed by atoms with Crippen LogP contribution in [-0.4, -0.2) is 28.6 Å². The Balaban J connectivity index is 1.84. The lowest BCUT2D eigenvalue weighted by molar-refractivity contribution is -0.115. The fourth-order valence-electron chi connectivity index (χ4n) is 4.15. The summed E-state index contributed by atoms with van der Waals surface area (Å²) in [5.41, 5.74) is 2.59. The van der Waals surface area contributed by atoms with Crippen LogP contribution < -0.4 is 10.6 Å². The molecule has 1 heterocycles. The molecular formula is C24H18N2O4. The number of amides is 1. The van der Waals surface area contributed by atoms with Gasteiger partial charge in [0.1, 0.15) is 0 Å². The van der Waals surface area contributed by atoms with Crippen LogP contribution in [-0.2, 0) is 4.79 Å². The normalized spacial score (nSPS) is 17.9. The van der Waals surface area contributed by atoms with E-state index in [1.165, 1.54) is 0 Å². The largest absolute Gasteiger partial charge is 0.505 e. The van der Waals surface area contributed by atoms with Crippen molar-refractivity contribution < 1.29 is 19.5 Å². The van der Waals surface area contributed by atoms with E-state index in [-0.39, 0.29) is 52.3 Å². The van der Waals surface area contributed by atoms with Gasteiger partial charge >= 0.3 is 0 Å². The van der Waals surface area contributed by atoms with Crippen LogP contribution in [0.5, 0.6) is 5.75 Å². The third-order valence-corrected chi connectivity index (χ3v) is 5.64. The molecule has 3 aliphatic rings. The number of carbonyl (C=O) groups excluding carboxylic acids is 3. The van der Waals surface area contributed by atoms with Gasteiger partial charge in [0.25, 0.3) is 0 Å². The number of hydrogen-bond acceptors (Lipinski definition) is 5. The number of ketones is 2. The van der Waals surface area contributed by atoms with Crippen LogP contribution in [0.3, 0.4) is 0 Å². The minimum Gasteiger partial charge on any atom is -0.505 e. The van der Waals surface area contributed by atoms with Gasteiger partial charge in [0.15, 0.2) is 17.3 Å². The van der Waals surface area contributed by atoms with Gasteiger partial charge in [-0.25, -0.2) is 0 Å². The number of carbonyl (C=O) groups is 3. The van der Waals surface area contributed by atoms with E-state index in [2.05, 4.69) is 10.6 Å². The summed E-state index contributed by atoms with van der Waals surface area (Å²) in [6.45, 7) is 1.70. The molecule has 1 unspecified atom stereocenters. The zero-order valence-electron chi connectivity index (χ0n) is 16.2. The molecule has 6 nitrogen and oxygen atoms in total. The lowest BCUT2D eigenvalue weighted by atomic mass is 9.79. The van der Waals surface area contributed by atoms with Gasteiger partial charge in [-0.1, -0.05) is 55.5 Å². The van der Waals surface area contributed by atoms with Gasteiger partial charge in [-0.05, 0) is 11.6 Å². The molecule has 3 N–H and O–H groups in total.